The molecule has 0 aliphatic carbocycles. The summed E-state index contributed by atoms with van der Waals surface area (Å²) < 4.78 is 5.64. The number of H-pyrrole nitrogens is 2. The largest absolute Gasteiger partial charge is 0.445 e. The van der Waals surface area contributed by atoms with Crippen LogP contribution in [0.4, 0.5) is 4.79 Å². The number of imidazole rings is 1. The zero-order chi connectivity index (χ0) is 32.6. The third-order valence-electron chi connectivity index (χ3n) is 9.53. The predicted molar refractivity (Wildman–Crippen MR) is 193 cm³/mol. The van der Waals surface area contributed by atoms with Crippen LogP contribution in [0.25, 0.3) is 44.1 Å². The van der Waals surface area contributed by atoms with Crippen LogP contribution in [-0.4, -0.2) is 44.3 Å². The van der Waals surface area contributed by atoms with Crippen molar-refractivity contribution >= 4 is 39.5 Å². The smallest absolute Gasteiger partial charge is 0.410 e. The van der Waals surface area contributed by atoms with Crippen LogP contribution in [-0.2, 0) is 11.3 Å². The summed E-state index contributed by atoms with van der Waals surface area (Å²) >= 11 is 1.96. The SMILES string of the molecule is NCCCC1S[C@@H]1c1ncc(-c2ccc3cc(-c4ccc5c(=O)cc(C6CCCN6C(=O)OCc6ccccc6)[nH]c5c4)ccc3c2)[nH]1. The van der Waals surface area contributed by atoms with E-state index in [1.165, 1.54) is 0 Å². The zero-order valence-electron chi connectivity index (χ0n) is 26.5. The van der Waals surface area contributed by atoms with Gasteiger partial charge in [-0.3, -0.25) is 9.69 Å². The van der Waals surface area contributed by atoms with E-state index >= 15 is 0 Å². The highest BCUT2D eigenvalue weighted by atomic mass is 32.2. The maximum atomic E-state index is 13.2. The van der Waals surface area contributed by atoms with Crippen LogP contribution >= 0.6 is 11.8 Å². The van der Waals surface area contributed by atoms with Crippen molar-refractivity contribution in [2.75, 3.05) is 13.1 Å². The Morgan fingerprint density at radius 3 is 2.54 bits per heavy atom. The second kappa shape index (κ2) is 13.0. The average Bonchev–Trinajstić information content (AvgIpc) is 3.47. The molecule has 242 valence electrons. The summed E-state index contributed by atoms with van der Waals surface area (Å²) in [4.78, 5) is 39.8. The first-order valence-corrected chi connectivity index (χ1v) is 17.6. The number of likely N-dealkylation sites (tertiary alicyclic amines) is 1. The van der Waals surface area contributed by atoms with Crippen molar-refractivity contribution in [3.8, 4) is 22.4 Å². The number of carbonyl (C=O) groups excluding carboxylic acids is 1. The first kappa shape index (κ1) is 30.5. The number of nitrogens with one attached hydrogen (secondary N) is 2. The highest BCUT2D eigenvalue weighted by molar-refractivity contribution is 8.07. The van der Waals surface area contributed by atoms with Gasteiger partial charge in [0, 0.05) is 34.5 Å². The number of aromatic nitrogens is 3. The van der Waals surface area contributed by atoms with Gasteiger partial charge in [-0.2, -0.15) is 0 Å². The third-order valence-corrected chi connectivity index (χ3v) is 10.9. The first-order valence-electron chi connectivity index (χ1n) is 16.6. The molecular formula is C39H37N5O3S. The van der Waals surface area contributed by atoms with Crippen molar-refractivity contribution in [1.29, 1.82) is 0 Å². The molecule has 2 unspecified atom stereocenters. The van der Waals surface area contributed by atoms with Gasteiger partial charge in [0.05, 0.1) is 28.7 Å². The van der Waals surface area contributed by atoms with Gasteiger partial charge in [0.2, 0.25) is 0 Å². The third kappa shape index (κ3) is 6.11. The standard InChI is InChI=1S/C39H37N5O3S/c40-16-4-9-36-37(48-36)38-41-22-33(43-38)29-13-12-25-18-26(10-11-27(25)19-29)28-14-15-30-31(20-28)42-32(21-35(30)45)34-8-5-17-44(34)39(46)47-23-24-6-2-1-3-7-24/h1-3,6-7,10-15,18-22,34,36-37H,4-5,8-9,16-17,23,40H2,(H,41,43)(H,42,45)/t34?,36?,37-/m0/s1. The molecule has 4 heterocycles. The molecule has 8 nitrogen and oxygen atoms in total. The average molecular weight is 656 g/mol. The van der Waals surface area contributed by atoms with Crippen molar-refractivity contribution < 1.29 is 9.53 Å². The lowest BCUT2D eigenvalue weighted by Gasteiger charge is -2.24. The van der Waals surface area contributed by atoms with E-state index in [4.69, 9.17) is 10.5 Å². The summed E-state index contributed by atoms with van der Waals surface area (Å²) in [5.41, 5.74) is 12.3. The van der Waals surface area contributed by atoms with Crippen LogP contribution in [0, 0.1) is 0 Å². The molecule has 8 rings (SSSR count). The van der Waals surface area contributed by atoms with Gasteiger partial charge >= 0.3 is 6.09 Å². The van der Waals surface area contributed by atoms with Crippen LogP contribution in [0.15, 0.2) is 102 Å². The number of pyridine rings is 1. The Labute approximate surface area is 282 Å². The molecule has 2 aliphatic heterocycles. The molecule has 4 aromatic carbocycles. The highest BCUT2D eigenvalue weighted by Crippen LogP contribution is 2.56. The maximum Gasteiger partial charge on any atom is 0.410 e. The van der Waals surface area contributed by atoms with Crippen LogP contribution in [0.3, 0.4) is 0 Å². The normalized spacial score (nSPS) is 18.9. The van der Waals surface area contributed by atoms with Gasteiger partial charge in [-0.25, -0.2) is 9.78 Å². The van der Waals surface area contributed by atoms with Crippen molar-refractivity contribution in [1.82, 2.24) is 19.9 Å². The summed E-state index contributed by atoms with van der Waals surface area (Å²) in [6.07, 6.45) is 5.38. The van der Waals surface area contributed by atoms with E-state index in [1.807, 2.05) is 66.5 Å². The van der Waals surface area contributed by atoms with Crippen molar-refractivity contribution in [2.45, 2.75) is 48.8 Å². The number of benzene rings is 4. The minimum absolute atomic E-state index is 0.0610. The van der Waals surface area contributed by atoms with Gasteiger partial charge in [0.25, 0.3) is 0 Å². The number of fused-ring (bicyclic) bond motifs is 2. The molecule has 3 atom stereocenters. The fourth-order valence-electron chi connectivity index (χ4n) is 6.89. The van der Waals surface area contributed by atoms with E-state index in [0.29, 0.717) is 22.4 Å². The summed E-state index contributed by atoms with van der Waals surface area (Å²) in [5, 5.41) is 3.96. The van der Waals surface area contributed by atoms with Crippen molar-refractivity contribution in [2.24, 2.45) is 5.73 Å². The lowest BCUT2D eigenvalue weighted by atomic mass is 9.98. The maximum absolute atomic E-state index is 13.2. The molecule has 4 N–H and O–H groups in total. The van der Waals surface area contributed by atoms with Crippen LogP contribution in [0.1, 0.15) is 54.1 Å². The Kier molecular flexibility index (Phi) is 8.24. The first-order chi connectivity index (χ1) is 23.5. The number of carbonyl (C=O) groups is 1. The fraction of sp³-hybridized carbons (Fsp3) is 0.256. The van der Waals surface area contributed by atoms with Crippen LogP contribution < -0.4 is 11.2 Å². The number of nitrogens with zero attached hydrogens (tertiary/aromatic N) is 2. The molecule has 48 heavy (non-hydrogen) atoms. The lowest BCUT2D eigenvalue weighted by Crippen LogP contribution is -2.32. The minimum atomic E-state index is -0.364. The van der Waals surface area contributed by atoms with E-state index < -0.39 is 0 Å². The van der Waals surface area contributed by atoms with Gasteiger partial charge in [-0.15, -0.1) is 11.8 Å². The van der Waals surface area contributed by atoms with E-state index in [9.17, 15) is 9.59 Å². The zero-order valence-corrected chi connectivity index (χ0v) is 27.3. The topological polar surface area (TPSA) is 117 Å². The molecule has 0 radical (unpaired) electrons. The lowest BCUT2D eigenvalue weighted by molar-refractivity contribution is 0.0915. The summed E-state index contributed by atoms with van der Waals surface area (Å²) in [7, 11) is 0. The van der Waals surface area contributed by atoms with Crippen LogP contribution in [0.5, 0.6) is 0 Å². The molecule has 1 amide bonds. The number of thioether (sulfide) groups is 1. The molecule has 2 saturated heterocycles. The number of nitrogens with two attached hydrogens (primary N) is 1. The molecule has 0 saturated carbocycles. The Morgan fingerprint density at radius 1 is 0.938 bits per heavy atom. The Bertz CT molecular complexity index is 2180. The quantitative estimate of drug-likeness (QED) is 0.136. The van der Waals surface area contributed by atoms with E-state index in [-0.39, 0.29) is 24.2 Å². The molecule has 6 aromatic rings. The molecule has 2 aliphatic rings. The van der Waals surface area contributed by atoms with E-state index in [1.54, 1.807) is 11.0 Å². The van der Waals surface area contributed by atoms with Gasteiger partial charge < -0.3 is 20.4 Å². The van der Waals surface area contributed by atoms with Crippen molar-refractivity contribution in [3.63, 3.8) is 0 Å². The Hall–Kier alpha value is -4.86. The number of rotatable bonds is 9. The van der Waals surface area contributed by atoms with E-state index in [2.05, 4.69) is 51.4 Å². The Balaban J connectivity index is 1.02. The number of hydrogen-bond donors (Lipinski definition) is 3. The second-order valence-electron chi connectivity index (χ2n) is 12.7. The number of amides is 1. The molecule has 9 heteroatoms. The molecule has 0 bridgehead atoms. The number of hydrogen-bond acceptors (Lipinski definition) is 6. The van der Waals surface area contributed by atoms with E-state index in [0.717, 1.165) is 88.0 Å². The molecule has 2 aromatic heterocycles. The summed E-state index contributed by atoms with van der Waals surface area (Å²) in [6, 6.07) is 29.9. The molecular weight excluding hydrogens is 619 g/mol. The van der Waals surface area contributed by atoms with Gasteiger partial charge in [-0.05, 0) is 84.0 Å². The monoisotopic (exact) mass is 655 g/mol. The minimum Gasteiger partial charge on any atom is -0.445 e. The predicted octanol–water partition coefficient (Wildman–Crippen LogP) is 8.11. The summed E-state index contributed by atoms with van der Waals surface area (Å²) in [6.45, 7) is 1.55. The van der Waals surface area contributed by atoms with Crippen molar-refractivity contribution in [3.05, 3.63) is 124 Å². The highest BCUT2D eigenvalue weighted by Gasteiger charge is 2.41. The van der Waals surface area contributed by atoms with Gasteiger partial charge in [0.1, 0.15) is 12.4 Å². The van der Waals surface area contributed by atoms with Crippen LogP contribution in [0.2, 0.25) is 0 Å². The number of aromatic amines is 2. The van der Waals surface area contributed by atoms with Gasteiger partial charge in [-0.1, -0.05) is 60.7 Å². The second-order valence-corrected chi connectivity index (χ2v) is 14.1. The number of ether oxygens (including phenoxy) is 1. The molecule has 0 spiro atoms. The fourth-order valence-corrected chi connectivity index (χ4v) is 7.99. The molecule has 2 fully saturated rings. The van der Waals surface area contributed by atoms with Gasteiger partial charge in [0.15, 0.2) is 5.43 Å². The Morgan fingerprint density at radius 2 is 1.71 bits per heavy atom. The summed E-state index contributed by atoms with van der Waals surface area (Å²) in [5.74, 6) is 1.05.